The summed E-state index contributed by atoms with van der Waals surface area (Å²) in [6.45, 7) is 4.67. The van der Waals surface area contributed by atoms with E-state index in [0.717, 1.165) is 63.7 Å². The van der Waals surface area contributed by atoms with Gasteiger partial charge in [0.15, 0.2) is 0 Å². The van der Waals surface area contributed by atoms with Crippen LogP contribution in [-0.4, -0.2) is 32.9 Å². The van der Waals surface area contributed by atoms with E-state index in [1.54, 1.807) is 0 Å². The van der Waals surface area contributed by atoms with E-state index in [1.807, 2.05) is 24.3 Å². The number of benzene rings is 3. The lowest BCUT2D eigenvalue weighted by Gasteiger charge is -2.24. The lowest BCUT2D eigenvalue weighted by Crippen LogP contribution is -2.27. The molecule has 0 spiro atoms. The third kappa shape index (κ3) is 6.95. The second-order valence-electron chi connectivity index (χ2n) is 9.12. The average Bonchev–Trinajstić information content (AvgIpc) is 2.83. The fourth-order valence-electron chi connectivity index (χ4n) is 4.52. The predicted octanol–water partition coefficient (Wildman–Crippen LogP) is 5.86. The largest absolute Gasteiger partial charge is 0.490 e. The molecule has 0 atom stereocenters. The summed E-state index contributed by atoms with van der Waals surface area (Å²) < 4.78 is 23.8. The maximum Gasteiger partial charge on any atom is 0.303 e. The molecule has 4 rings (SSSR count). The van der Waals surface area contributed by atoms with E-state index in [4.69, 9.17) is 14.6 Å². The zero-order valence-electron chi connectivity index (χ0n) is 20.3. The molecular formula is C29H32O5S. The van der Waals surface area contributed by atoms with Crippen LogP contribution >= 0.6 is 0 Å². The average molecular weight is 493 g/mol. The highest BCUT2D eigenvalue weighted by molar-refractivity contribution is 7.85. The Bertz CT molecular complexity index is 1170. The standard InChI is InChI=1S/C29H32O5S/c1-20-16-27(34-26-12-14-35(32)15-13-26)17-21(2)29(20)24-5-3-4-23(18-24)19-33-25-9-6-22(7-10-25)8-11-28(30)31/h3-7,9-10,16-18,26H,8,11-15,19H2,1-2H3,(H,30,31). The number of carboxylic acid groups (broad SMARTS) is 1. The number of carbonyl (C=O) groups is 1. The molecule has 0 radical (unpaired) electrons. The van der Waals surface area contributed by atoms with Crippen molar-refractivity contribution in [3.8, 4) is 22.6 Å². The van der Waals surface area contributed by atoms with Crippen LogP contribution in [0, 0.1) is 13.8 Å². The zero-order valence-corrected chi connectivity index (χ0v) is 21.1. The molecule has 6 heteroatoms. The van der Waals surface area contributed by atoms with Crippen LogP contribution in [0.4, 0.5) is 0 Å². The first-order valence-corrected chi connectivity index (χ1v) is 13.5. The summed E-state index contributed by atoms with van der Waals surface area (Å²) in [5.74, 6) is 2.30. The molecule has 0 saturated carbocycles. The van der Waals surface area contributed by atoms with Crippen molar-refractivity contribution in [2.24, 2.45) is 0 Å². The summed E-state index contributed by atoms with van der Waals surface area (Å²) in [6.07, 6.45) is 2.48. The molecule has 35 heavy (non-hydrogen) atoms. The quantitative estimate of drug-likeness (QED) is 0.405. The number of aliphatic carboxylic acids is 1. The highest BCUT2D eigenvalue weighted by atomic mass is 32.2. The van der Waals surface area contributed by atoms with Crippen molar-refractivity contribution in [3.63, 3.8) is 0 Å². The van der Waals surface area contributed by atoms with Gasteiger partial charge in [-0.15, -0.1) is 0 Å². The first kappa shape index (κ1) is 25.0. The molecule has 0 aliphatic carbocycles. The molecule has 0 aromatic heterocycles. The minimum Gasteiger partial charge on any atom is -0.490 e. The number of carboxylic acids is 1. The van der Waals surface area contributed by atoms with Gasteiger partial charge >= 0.3 is 5.97 Å². The van der Waals surface area contributed by atoms with E-state index in [2.05, 4.69) is 50.2 Å². The lowest BCUT2D eigenvalue weighted by atomic mass is 9.94. The Morgan fingerprint density at radius 1 is 0.943 bits per heavy atom. The van der Waals surface area contributed by atoms with Crippen molar-refractivity contribution >= 4 is 16.8 Å². The lowest BCUT2D eigenvalue weighted by molar-refractivity contribution is -0.136. The fraction of sp³-hybridized carbons (Fsp3) is 0.345. The molecule has 184 valence electrons. The van der Waals surface area contributed by atoms with Gasteiger partial charge in [-0.2, -0.15) is 0 Å². The van der Waals surface area contributed by atoms with Gasteiger partial charge in [0.25, 0.3) is 0 Å². The van der Waals surface area contributed by atoms with Gasteiger partial charge in [0.05, 0.1) is 0 Å². The van der Waals surface area contributed by atoms with Crippen molar-refractivity contribution < 1.29 is 23.6 Å². The molecule has 1 aliphatic rings. The van der Waals surface area contributed by atoms with E-state index >= 15 is 0 Å². The molecule has 1 fully saturated rings. The number of ether oxygens (including phenoxy) is 2. The van der Waals surface area contributed by atoms with Crippen LogP contribution in [0.1, 0.15) is 41.5 Å². The summed E-state index contributed by atoms with van der Waals surface area (Å²) in [7, 11) is -0.686. The number of hydrogen-bond donors (Lipinski definition) is 1. The van der Waals surface area contributed by atoms with E-state index < -0.39 is 16.8 Å². The van der Waals surface area contributed by atoms with Crippen molar-refractivity contribution in [2.75, 3.05) is 11.5 Å². The summed E-state index contributed by atoms with van der Waals surface area (Å²) in [6, 6.07) is 20.2. The first-order valence-electron chi connectivity index (χ1n) is 12.0. The summed E-state index contributed by atoms with van der Waals surface area (Å²) >= 11 is 0. The van der Waals surface area contributed by atoms with Crippen molar-refractivity contribution in [2.45, 2.75) is 52.2 Å². The molecule has 1 saturated heterocycles. The van der Waals surface area contributed by atoms with Gasteiger partial charge in [0.1, 0.15) is 24.2 Å². The maximum absolute atomic E-state index is 11.6. The molecule has 1 aliphatic heterocycles. The number of rotatable bonds is 9. The predicted molar refractivity (Wildman–Crippen MR) is 140 cm³/mol. The second kappa shape index (κ2) is 11.5. The van der Waals surface area contributed by atoms with Gasteiger partial charge in [-0.1, -0.05) is 30.3 Å². The molecule has 3 aromatic carbocycles. The Morgan fingerprint density at radius 3 is 2.29 bits per heavy atom. The molecule has 5 nitrogen and oxygen atoms in total. The van der Waals surface area contributed by atoms with Gasteiger partial charge in [0.2, 0.25) is 0 Å². The zero-order chi connectivity index (χ0) is 24.8. The monoisotopic (exact) mass is 492 g/mol. The van der Waals surface area contributed by atoms with Gasteiger partial charge < -0.3 is 14.6 Å². The number of aryl methyl sites for hydroxylation is 3. The molecule has 3 aromatic rings. The van der Waals surface area contributed by atoms with Crippen molar-refractivity contribution in [1.29, 1.82) is 0 Å². The van der Waals surface area contributed by atoms with E-state index in [1.165, 1.54) is 5.56 Å². The van der Waals surface area contributed by atoms with Gasteiger partial charge in [-0.3, -0.25) is 9.00 Å². The smallest absolute Gasteiger partial charge is 0.303 e. The third-order valence-electron chi connectivity index (χ3n) is 6.32. The minimum absolute atomic E-state index is 0.127. The van der Waals surface area contributed by atoms with Gasteiger partial charge in [0, 0.05) is 28.7 Å². The van der Waals surface area contributed by atoms with Crippen molar-refractivity contribution in [1.82, 2.24) is 0 Å². The first-order chi connectivity index (χ1) is 16.9. The Hall–Kier alpha value is -3.12. The topological polar surface area (TPSA) is 72.8 Å². The fourth-order valence-corrected chi connectivity index (χ4v) is 5.77. The molecule has 1 N–H and O–H groups in total. The van der Waals surface area contributed by atoms with Crippen LogP contribution in [0.15, 0.2) is 60.7 Å². The van der Waals surface area contributed by atoms with Crippen LogP contribution in [0.2, 0.25) is 0 Å². The molecule has 0 bridgehead atoms. The Labute approximate surface area is 209 Å². The minimum atomic E-state index is -0.791. The van der Waals surface area contributed by atoms with Crippen LogP contribution < -0.4 is 9.47 Å². The molecule has 0 unspecified atom stereocenters. The third-order valence-corrected chi connectivity index (χ3v) is 7.70. The van der Waals surface area contributed by atoms with Gasteiger partial charge in [-0.25, -0.2) is 0 Å². The SMILES string of the molecule is Cc1cc(OC2CCS(=O)CC2)cc(C)c1-c1cccc(COc2ccc(CCC(=O)O)cc2)c1. The van der Waals surface area contributed by atoms with Gasteiger partial charge in [-0.05, 0) is 96.8 Å². The van der Waals surface area contributed by atoms with Crippen molar-refractivity contribution in [3.05, 3.63) is 82.9 Å². The number of hydrogen-bond acceptors (Lipinski definition) is 4. The highest BCUT2D eigenvalue weighted by Gasteiger charge is 2.20. The van der Waals surface area contributed by atoms with E-state index in [9.17, 15) is 9.00 Å². The van der Waals surface area contributed by atoms with Crippen LogP contribution in [0.25, 0.3) is 11.1 Å². The second-order valence-corrected chi connectivity index (χ2v) is 10.8. The Morgan fingerprint density at radius 2 is 1.63 bits per heavy atom. The molecular weight excluding hydrogens is 460 g/mol. The van der Waals surface area contributed by atoms with Crippen LogP contribution in [-0.2, 0) is 28.6 Å². The summed E-state index contributed by atoms with van der Waals surface area (Å²) in [4.78, 5) is 10.7. The molecule has 0 amide bonds. The highest BCUT2D eigenvalue weighted by Crippen LogP contribution is 2.33. The van der Waals surface area contributed by atoms with Crippen LogP contribution in [0.5, 0.6) is 11.5 Å². The Kier molecular flexibility index (Phi) is 8.24. The van der Waals surface area contributed by atoms with E-state index in [-0.39, 0.29) is 12.5 Å². The normalized spacial score (nSPS) is 17.7. The van der Waals surface area contributed by atoms with E-state index in [0.29, 0.717) is 13.0 Å². The Balaban J connectivity index is 1.41. The summed E-state index contributed by atoms with van der Waals surface area (Å²) in [5.41, 5.74) is 6.73. The van der Waals surface area contributed by atoms with Crippen LogP contribution in [0.3, 0.4) is 0 Å². The maximum atomic E-state index is 11.6. The molecule has 1 heterocycles. The summed E-state index contributed by atoms with van der Waals surface area (Å²) in [5, 5.41) is 8.83.